The van der Waals surface area contributed by atoms with E-state index >= 15 is 0 Å². The van der Waals surface area contributed by atoms with Crippen LogP contribution in [0.15, 0.2) is 18.5 Å². The molecule has 3 heterocycles. The topological polar surface area (TPSA) is 68.2 Å². The van der Waals surface area contributed by atoms with Crippen LogP contribution in [0, 0.1) is 6.92 Å². The number of piperidine rings is 1. The van der Waals surface area contributed by atoms with Crippen molar-refractivity contribution >= 4 is 17.2 Å². The first-order valence-corrected chi connectivity index (χ1v) is 8.68. The maximum absolute atomic E-state index is 12.7. The Labute approximate surface area is 139 Å². The smallest absolute Gasteiger partial charge is 0.316 e. The number of hydrogen-bond donors (Lipinski definition) is 0. The molecule has 0 bridgehead atoms. The van der Waals surface area contributed by atoms with Gasteiger partial charge in [-0.15, -0.1) is 11.3 Å². The zero-order chi connectivity index (χ0) is 16.2. The standard InChI is InChI=1S/C16H20N4O2S/c1-3-13-14(23-11(2)19-13)15(21)20-9-5-12(6-10-20)22-16-17-7-4-8-18-16/h4,7-8,12H,3,5-6,9-10H2,1-2H3. The number of rotatable bonds is 4. The average molecular weight is 332 g/mol. The molecule has 0 saturated carbocycles. The fourth-order valence-electron chi connectivity index (χ4n) is 2.69. The van der Waals surface area contributed by atoms with E-state index in [4.69, 9.17) is 4.74 Å². The number of aromatic nitrogens is 3. The van der Waals surface area contributed by atoms with Crippen LogP contribution >= 0.6 is 11.3 Å². The Balaban J connectivity index is 1.59. The summed E-state index contributed by atoms with van der Waals surface area (Å²) < 4.78 is 5.77. The number of ether oxygens (including phenoxy) is 1. The van der Waals surface area contributed by atoms with E-state index in [0.717, 1.165) is 34.8 Å². The maximum Gasteiger partial charge on any atom is 0.316 e. The Kier molecular flexibility index (Phi) is 4.85. The van der Waals surface area contributed by atoms with Gasteiger partial charge in [-0.1, -0.05) is 6.92 Å². The van der Waals surface area contributed by atoms with E-state index in [0.29, 0.717) is 19.1 Å². The predicted octanol–water partition coefficient (Wildman–Crippen LogP) is 2.49. The first-order valence-electron chi connectivity index (χ1n) is 7.86. The van der Waals surface area contributed by atoms with Gasteiger partial charge < -0.3 is 9.64 Å². The Hall–Kier alpha value is -2.02. The van der Waals surface area contributed by atoms with Crippen molar-refractivity contribution in [2.45, 2.75) is 39.2 Å². The minimum absolute atomic E-state index is 0.0651. The van der Waals surface area contributed by atoms with Gasteiger partial charge in [0, 0.05) is 38.3 Å². The summed E-state index contributed by atoms with van der Waals surface area (Å²) in [7, 11) is 0. The van der Waals surface area contributed by atoms with Crippen LogP contribution in [-0.4, -0.2) is 45.0 Å². The molecule has 0 aliphatic carbocycles. The van der Waals surface area contributed by atoms with Crippen molar-refractivity contribution < 1.29 is 9.53 Å². The van der Waals surface area contributed by atoms with Crippen molar-refractivity contribution in [3.05, 3.63) is 34.0 Å². The molecular formula is C16H20N4O2S. The minimum Gasteiger partial charge on any atom is -0.460 e. The first kappa shape index (κ1) is 15.9. The molecule has 2 aromatic heterocycles. The summed E-state index contributed by atoms with van der Waals surface area (Å²) in [5, 5.41) is 0.949. The van der Waals surface area contributed by atoms with Gasteiger partial charge in [0.15, 0.2) is 0 Å². The molecule has 1 fully saturated rings. The van der Waals surface area contributed by atoms with Crippen LogP contribution in [0.1, 0.15) is 40.1 Å². The summed E-state index contributed by atoms with van der Waals surface area (Å²) in [4.78, 5) is 28.0. The molecule has 2 aromatic rings. The van der Waals surface area contributed by atoms with E-state index in [1.165, 1.54) is 11.3 Å². The molecule has 0 spiro atoms. The summed E-state index contributed by atoms with van der Waals surface area (Å²) >= 11 is 1.49. The van der Waals surface area contributed by atoms with Gasteiger partial charge in [0.1, 0.15) is 11.0 Å². The van der Waals surface area contributed by atoms with Gasteiger partial charge in [-0.05, 0) is 19.4 Å². The van der Waals surface area contributed by atoms with Crippen LogP contribution < -0.4 is 4.74 Å². The van der Waals surface area contributed by atoms with E-state index in [-0.39, 0.29) is 12.0 Å². The van der Waals surface area contributed by atoms with Gasteiger partial charge >= 0.3 is 6.01 Å². The molecule has 0 N–H and O–H groups in total. The highest BCUT2D eigenvalue weighted by atomic mass is 32.1. The Morgan fingerprint density at radius 1 is 1.35 bits per heavy atom. The lowest BCUT2D eigenvalue weighted by Crippen LogP contribution is -2.42. The van der Waals surface area contributed by atoms with Crippen molar-refractivity contribution in [2.24, 2.45) is 0 Å². The fourth-order valence-corrected chi connectivity index (χ4v) is 3.67. The van der Waals surface area contributed by atoms with E-state index in [2.05, 4.69) is 15.0 Å². The number of carbonyl (C=O) groups is 1. The summed E-state index contributed by atoms with van der Waals surface area (Å²) in [5.74, 6) is 0.0989. The van der Waals surface area contributed by atoms with E-state index in [1.54, 1.807) is 18.5 Å². The third kappa shape index (κ3) is 3.67. The molecule has 1 aliphatic heterocycles. The highest BCUT2D eigenvalue weighted by Gasteiger charge is 2.27. The SMILES string of the molecule is CCc1nc(C)sc1C(=O)N1CCC(Oc2ncccn2)CC1. The summed E-state index contributed by atoms with van der Waals surface area (Å²) in [5.41, 5.74) is 0.911. The molecule has 0 radical (unpaired) electrons. The third-order valence-electron chi connectivity index (χ3n) is 3.88. The Morgan fingerprint density at radius 3 is 2.70 bits per heavy atom. The molecular weight excluding hydrogens is 312 g/mol. The van der Waals surface area contributed by atoms with Crippen LogP contribution in [0.3, 0.4) is 0 Å². The third-order valence-corrected chi connectivity index (χ3v) is 4.88. The number of hydrogen-bond acceptors (Lipinski definition) is 6. The number of thiazole rings is 1. The van der Waals surface area contributed by atoms with Crippen LogP contribution in [-0.2, 0) is 6.42 Å². The van der Waals surface area contributed by atoms with Gasteiger partial charge in [-0.3, -0.25) is 4.79 Å². The molecule has 1 saturated heterocycles. The number of amides is 1. The van der Waals surface area contributed by atoms with Gasteiger partial charge in [0.25, 0.3) is 5.91 Å². The minimum atomic E-state index is 0.0651. The molecule has 23 heavy (non-hydrogen) atoms. The number of aryl methyl sites for hydroxylation is 2. The molecule has 0 aromatic carbocycles. The monoisotopic (exact) mass is 332 g/mol. The molecule has 0 unspecified atom stereocenters. The molecule has 7 heteroatoms. The lowest BCUT2D eigenvalue weighted by molar-refractivity contribution is 0.0582. The molecule has 3 rings (SSSR count). The second-order valence-corrected chi connectivity index (χ2v) is 6.71. The lowest BCUT2D eigenvalue weighted by Gasteiger charge is -2.31. The van der Waals surface area contributed by atoms with Crippen LogP contribution in [0.2, 0.25) is 0 Å². The van der Waals surface area contributed by atoms with Crippen LogP contribution in [0.5, 0.6) is 6.01 Å². The predicted molar refractivity (Wildman–Crippen MR) is 87.8 cm³/mol. The molecule has 122 valence electrons. The van der Waals surface area contributed by atoms with Crippen molar-refractivity contribution in [3.8, 4) is 6.01 Å². The summed E-state index contributed by atoms with van der Waals surface area (Å²) in [6, 6.07) is 2.17. The average Bonchev–Trinajstić information content (AvgIpc) is 2.97. The quantitative estimate of drug-likeness (QED) is 0.860. The normalized spacial score (nSPS) is 15.7. The number of nitrogens with zero attached hydrogens (tertiary/aromatic N) is 4. The van der Waals surface area contributed by atoms with Gasteiger partial charge in [-0.2, -0.15) is 0 Å². The first-order chi connectivity index (χ1) is 11.2. The number of carbonyl (C=O) groups excluding carboxylic acids is 1. The number of likely N-dealkylation sites (tertiary alicyclic amines) is 1. The summed E-state index contributed by atoms with van der Waals surface area (Å²) in [6.45, 7) is 5.36. The Bertz CT molecular complexity index is 666. The largest absolute Gasteiger partial charge is 0.460 e. The summed E-state index contributed by atoms with van der Waals surface area (Å²) in [6.07, 6.45) is 5.78. The fraction of sp³-hybridized carbons (Fsp3) is 0.500. The highest BCUT2D eigenvalue weighted by Crippen LogP contribution is 2.23. The zero-order valence-corrected chi connectivity index (χ0v) is 14.2. The highest BCUT2D eigenvalue weighted by molar-refractivity contribution is 7.13. The van der Waals surface area contributed by atoms with Crippen molar-refractivity contribution in [3.63, 3.8) is 0 Å². The van der Waals surface area contributed by atoms with Crippen molar-refractivity contribution in [2.75, 3.05) is 13.1 Å². The Morgan fingerprint density at radius 2 is 2.04 bits per heavy atom. The van der Waals surface area contributed by atoms with E-state index < -0.39 is 0 Å². The van der Waals surface area contributed by atoms with Gasteiger partial charge in [0.2, 0.25) is 0 Å². The zero-order valence-electron chi connectivity index (χ0n) is 13.4. The molecule has 1 amide bonds. The van der Waals surface area contributed by atoms with Crippen LogP contribution in [0.25, 0.3) is 0 Å². The van der Waals surface area contributed by atoms with Gasteiger partial charge in [0.05, 0.1) is 10.7 Å². The van der Waals surface area contributed by atoms with E-state index in [9.17, 15) is 4.79 Å². The lowest BCUT2D eigenvalue weighted by atomic mass is 10.1. The molecule has 1 aliphatic rings. The van der Waals surface area contributed by atoms with Crippen molar-refractivity contribution in [1.29, 1.82) is 0 Å². The maximum atomic E-state index is 12.7. The molecule has 0 atom stereocenters. The van der Waals surface area contributed by atoms with Crippen molar-refractivity contribution in [1.82, 2.24) is 19.9 Å². The van der Waals surface area contributed by atoms with E-state index in [1.807, 2.05) is 18.7 Å². The molecule has 6 nitrogen and oxygen atoms in total. The second kappa shape index (κ2) is 7.04. The van der Waals surface area contributed by atoms with Gasteiger partial charge in [-0.25, -0.2) is 15.0 Å². The van der Waals surface area contributed by atoms with Crippen LogP contribution in [0.4, 0.5) is 0 Å². The second-order valence-electron chi connectivity index (χ2n) is 5.50.